The highest BCUT2D eigenvalue weighted by atomic mass is 32.2. The summed E-state index contributed by atoms with van der Waals surface area (Å²) in [6.07, 6.45) is 5.74. The third kappa shape index (κ3) is 4.02. The van der Waals surface area contributed by atoms with E-state index in [2.05, 4.69) is 35.2 Å². The molecule has 2 aliphatic heterocycles. The normalized spacial score (nSPS) is 28.8. The monoisotopic (exact) mass is 406 g/mol. The van der Waals surface area contributed by atoms with Gasteiger partial charge in [0.1, 0.15) is 0 Å². The smallest absolute Gasteiger partial charge is 0.213 e. The first kappa shape index (κ1) is 20.3. The molecule has 2 atom stereocenters. The second kappa shape index (κ2) is 8.05. The van der Waals surface area contributed by atoms with Crippen molar-refractivity contribution in [3.8, 4) is 0 Å². The first-order valence-corrected chi connectivity index (χ1v) is 12.5. The van der Waals surface area contributed by atoms with Gasteiger partial charge in [0, 0.05) is 19.7 Å². The first-order valence-electron chi connectivity index (χ1n) is 10.9. The van der Waals surface area contributed by atoms with Crippen LogP contribution >= 0.6 is 0 Å². The van der Waals surface area contributed by atoms with Gasteiger partial charge >= 0.3 is 0 Å². The largest absolute Gasteiger partial charge is 0.396 e. The Balaban J connectivity index is 1.28. The quantitative estimate of drug-likeness (QED) is 0.721. The SMILES string of the molecule is CCS(=O)(=O)N1CC(CCO)(N2CCC(C[C@@H]3CC3c3ccccc3)CC2)C1. The molecule has 0 radical (unpaired) electrons. The van der Waals surface area contributed by atoms with E-state index in [4.69, 9.17) is 0 Å². The number of piperidine rings is 1. The molecule has 1 saturated carbocycles. The lowest BCUT2D eigenvalue weighted by Gasteiger charge is -2.56. The molecule has 1 N–H and O–H groups in total. The summed E-state index contributed by atoms with van der Waals surface area (Å²) in [6.45, 7) is 5.00. The second-order valence-electron chi connectivity index (χ2n) is 9.05. The first-order chi connectivity index (χ1) is 13.5. The summed E-state index contributed by atoms with van der Waals surface area (Å²) in [4.78, 5) is 2.48. The molecule has 5 nitrogen and oxygen atoms in total. The fourth-order valence-corrected chi connectivity index (χ4v) is 6.64. The standard InChI is InChI=1S/C22H34N2O3S/c1-2-28(26,27)24-16-22(17-24,10-13-25)23-11-8-18(9-12-23)14-20-15-21(20)19-6-4-3-5-7-19/h3-7,18,20-21,25H,2,8-17H2,1H3/t20-,21?/m1/s1. The molecule has 0 aromatic heterocycles. The number of likely N-dealkylation sites (tertiary alicyclic amines) is 1. The Hall–Kier alpha value is -0.950. The van der Waals surface area contributed by atoms with Crippen molar-refractivity contribution in [3.05, 3.63) is 35.9 Å². The van der Waals surface area contributed by atoms with Gasteiger partial charge in [-0.15, -0.1) is 0 Å². The molecule has 0 amide bonds. The van der Waals surface area contributed by atoms with Crippen molar-refractivity contribution < 1.29 is 13.5 Å². The van der Waals surface area contributed by atoms with Crippen LogP contribution in [0.3, 0.4) is 0 Å². The molecule has 3 fully saturated rings. The molecule has 1 aromatic rings. The molecule has 28 heavy (non-hydrogen) atoms. The van der Waals surface area contributed by atoms with Gasteiger partial charge in [-0.05, 0) is 75.4 Å². The Morgan fingerprint density at radius 1 is 1.14 bits per heavy atom. The van der Waals surface area contributed by atoms with E-state index >= 15 is 0 Å². The maximum atomic E-state index is 12.1. The van der Waals surface area contributed by atoms with E-state index in [0.717, 1.165) is 30.8 Å². The van der Waals surface area contributed by atoms with Gasteiger partial charge in [-0.3, -0.25) is 4.90 Å². The van der Waals surface area contributed by atoms with E-state index in [1.807, 2.05) is 0 Å². The third-order valence-corrected chi connectivity index (χ3v) is 9.12. The average Bonchev–Trinajstić information content (AvgIpc) is 3.45. The number of hydrogen-bond acceptors (Lipinski definition) is 4. The Bertz CT molecular complexity index is 753. The lowest BCUT2D eigenvalue weighted by molar-refractivity contribution is -0.0470. The van der Waals surface area contributed by atoms with Crippen LogP contribution in [0.15, 0.2) is 30.3 Å². The molecular formula is C22H34N2O3S. The van der Waals surface area contributed by atoms with Gasteiger partial charge in [0.25, 0.3) is 0 Å². The van der Waals surface area contributed by atoms with Crippen molar-refractivity contribution in [3.63, 3.8) is 0 Å². The van der Waals surface area contributed by atoms with Crippen molar-refractivity contribution in [2.75, 3.05) is 38.5 Å². The summed E-state index contributed by atoms with van der Waals surface area (Å²) in [6, 6.07) is 10.9. The zero-order chi connectivity index (χ0) is 19.8. The van der Waals surface area contributed by atoms with Crippen LogP contribution in [0, 0.1) is 11.8 Å². The van der Waals surface area contributed by atoms with E-state index in [0.29, 0.717) is 19.5 Å². The minimum absolute atomic E-state index is 0.126. The van der Waals surface area contributed by atoms with Crippen molar-refractivity contribution in [1.82, 2.24) is 9.21 Å². The number of benzene rings is 1. The van der Waals surface area contributed by atoms with Gasteiger partial charge in [0.15, 0.2) is 0 Å². The van der Waals surface area contributed by atoms with E-state index in [1.165, 1.54) is 31.2 Å². The van der Waals surface area contributed by atoms with Gasteiger partial charge < -0.3 is 5.11 Å². The van der Waals surface area contributed by atoms with Gasteiger partial charge in [-0.2, -0.15) is 4.31 Å². The summed E-state index contributed by atoms with van der Waals surface area (Å²) < 4.78 is 25.9. The summed E-state index contributed by atoms with van der Waals surface area (Å²) in [5.74, 6) is 2.56. The summed E-state index contributed by atoms with van der Waals surface area (Å²) in [5.41, 5.74) is 1.35. The van der Waals surface area contributed by atoms with Crippen LogP contribution in [0.1, 0.15) is 50.5 Å². The van der Waals surface area contributed by atoms with Crippen LogP contribution in [-0.4, -0.2) is 66.8 Å². The zero-order valence-corrected chi connectivity index (χ0v) is 17.8. The predicted octanol–water partition coefficient (Wildman–Crippen LogP) is 2.68. The number of aliphatic hydroxyl groups is 1. The van der Waals surface area contributed by atoms with Gasteiger partial charge in [-0.25, -0.2) is 8.42 Å². The van der Waals surface area contributed by atoms with Crippen molar-refractivity contribution >= 4 is 10.0 Å². The van der Waals surface area contributed by atoms with E-state index in [-0.39, 0.29) is 17.9 Å². The number of sulfonamides is 1. The highest BCUT2D eigenvalue weighted by Crippen LogP contribution is 2.52. The molecule has 4 rings (SSSR count). The highest BCUT2D eigenvalue weighted by Gasteiger charge is 2.51. The summed E-state index contributed by atoms with van der Waals surface area (Å²) in [7, 11) is -3.12. The molecule has 1 aromatic carbocycles. The van der Waals surface area contributed by atoms with Crippen LogP contribution in [0.2, 0.25) is 0 Å². The maximum absolute atomic E-state index is 12.1. The molecule has 3 aliphatic rings. The number of aliphatic hydroxyl groups excluding tert-OH is 1. The average molecular weight is 407 g/mol. The van der Waals surface area contributed by atoms with Gasteiger partial charge in [-0.1, -0.05) is 30.3 Å². The van der Waals surface area contributed by atoms with Crippen LogP contribution in [0.5, 0.6) is 0 Å². The maximum Gasteiger partial charge on any atom is 0.213 e. The molecule has 1 aliphatic carbocycles. The number of rotatable bonds is 8. The Kier molecular flexibility index (Phi) is 5.85. The van der Waals surface area contributed by atoms with Gasteiger partial charge in [0.2, 0.25) is 10.0 Å². The van der Waals surface area contributed by atoms with E-state index in [9.17, 15) is 13.5 Å². The second-order valence-corrected chi connectivity index (χ2v) is 11.3. The fraction of sp³-hybridized carbons (Fsp3) is 0.727. The fourth-order valence-electron chi connectivity index (χ4n) is 5.40. The van der Waals surface area contributed by atoms with Gasteiger partial charge in [0.05, 0.1) is 11.3 Å². The van der Waals surface area contributed by atoms with Crippen LogP contribution in [0.25, 0.3) is 0 Å². The number of hydrogen-bond donors (Lipinski definition) is 1. The molecule has 1 unspecified atom stereocenters. The Labute approximate surface area is 169 Å². The van der Waals surface area contributed by atoms with Crippen LogP contribution in [-0.2, 0) is 10.0 Å². The minimum Gasteiger partial charge on any atom is -0.396 e. The van der Waals surface area contributed by atoms with Crippen LogP contribution in [0.4, 0.5) is 0 Å². The van der Waals surface area contributed by atoms with E-state index in [1.54, 1.807) is 11.2 Å². The molecule has 2 saturated heterocycles. The lowest BCUT2D eigenvalue weighted by atomic mass is 9.82. The zero-order valence-electron chi connectivity index (χ0n) is 17.0. The molecular weight excluding hydrogens is 372 g/mol. The van der Waals surface area contributed by atoms with Crippen molar-refractivity contribution in [2.45, 2.75) is 50.5 Å². The van der Waals surface area contributed by atoms with Crippen molar-refractivity contribution in [1.29, 1.82) is 0 Å². The van der Waals surface area contributed by atoms with E-state index < -0.39 is 10.0 Å². The highest BCUT2D eigenvalue weighted by molar-refractivity contribution is 7.89. The third-order valence-electron chi connectivity index (χ3n) is 7.35. The minimum atomic E-state index is -3.12. The summed E-state index contributed by atoms with van der Waals surface area (Å²) >= 11 is 0. The topological polar surface area (TPSA) is 60.9 Å². The number of nitrogens with zero attached hydrogens (tertiary/aromatic N) is 2. The molecule has 0 spiro atoms. The summed E-state index contributed by atoms with van der Waals surface area (Å²) in [5, 5.41) is 9.57. The van der Waals surface area contributed by atoms with Crippen LogP contribution < -0.4 is 0 Å². The predicted molar refractivity (Wildman–Crippen MR) is 112 cm³/mol. The van der Waals surface area contributed by atoms with Crippen molar-refractivity contribution in [2.24, 2.45) is 11.8 Å². The Morgan fingerprint density at radius 3 is 2.43 bits per heavy atom. The molecule has 0 bridgehead atoms. The molecule has 6 heteroatoms. The Morgan fingerprint density at radius 2 is 1.82 bits per heavy atom. The molecule has 2 heterocycles. The lowest BCUT2D eigenvalue weighted by Crippen LogP contribution is -2.72. The molecule has 156 valence electrons.